The van der Waals surface area contributed by atoms with Crippen LogP contribution in [0, 0.1) is 11.6 Å². The molecule has 25 heavy (non-hydrogen) atoms. The van der Waals surface area contributed by atoms with E-state index in [-0.39, 0.29) is 5.82 Å². The molecular formula is C17H13F2N5O. The second kappa shape index (κ2) is 5.97. The Balaban J connectivity index is 1.67. The second-order valence-corrected chi connectivity index (χ2v) is 5.58. The molecule has 4 aromatic rings. The largest absolute Gasteiger partial charge is 0.367 e. The number of fused-ring (bicyclic) bond motifs is 3. The van der Waals surface area contributed by atoms with Crippen molar-refractivity contribution in [1.82, 2.24) is 19.6 Å². The average Bonchev–Trinajstić information content (AvgIpc) is 2.99. The fourth-order valence-corrected chi connectivity index (χ4v) is 2.71. The minimum atomic E-state index is -0.463. The third-order valence-corrected chi connectivity index (χ3v) is 3.91. The molecule has 126 valence electrons. The van der Waals surface area contributed by atoms with Crippen molar-refractivity contribution in [3.05, 3.63) is 70.1 Å². The van der Waals surface area contributed by atoms with Crippen LogP contribution in [-0.2, 0) is 6.42 Å². The zero-order valence-corrected chi connectivity index (χ0v) is 13.0. The Bertz CT molecular complexity index is 1120. The van der Waals surface area contributed by atoms with Gasteiger partial charge in [0, 0.05) is 12.6 Å². The van der Waals surface area contributed by atoms with Gasteiger partial charge in [0.15, 0.2) is 5.82 Å². The van der Waals surface area contributed by atoms with Gasteiger partial charge in [-0.05, 0) is 36.2 Å². The SMILES string of the molecule is O=c1[nH]nc2c(NCCc3ccc(F)cc3)nc3ccc(F)cc3n12. The molecule has 8 heteroatoms. The number of halogens is 2. The van der Waals surface area contributed by atoms with Gasteiger partial charge < -0.3 is 5.32 Å². The van der Waals surface area contributed by atoms with E-state index in [4.69, 9.17) is 0 Å². The van der Waals surface area contributed by atoms with Crippen molar-refractivity contribution in [2.45, 2.75) is 6.42 Å². The molecule has 2 aromatic heterocycles. The molecular weight excluding hydrogens is 328 g/mol. The molecule has 0 spiro atoms. The van der Waals surface area contributed by atoms with E-state index in [9.17, 15) is 13.6 Å². The van der Waals surface area contributed by atoms with Crippen molar-refractivity contribution in [2.24, 2.45) is 0 Å². The zero-order chi connectivity index (χ0) is 17.4. The molecule has 0 bridgehead atoms. The van der Waals surface area contributed by atoms with Crippen LogP contribution >= 0.6 is 0 Å². The van der Waals surface area contributed by atoms with Crippen LogP contribution in [0.5, 0.6) is 0 Å². The number of aromatic amines is 1. The summed E-state index contributed by atoms with van der Waals surface area (Å²) in [7, 11) is 0. The van der Waals surface area contributed by atoms with Gasteiger partial charge in [0.05, 0.1) is 11.0 Å². The smallest absolute Gasteiger partial charge is 0.348 e. The number of nitrogens with one attached hydrogen (secondary N) is 2. The van der Waals surface area contributed by atoms with Gasteiger partial charge in [0.2, 0.25) is 5.65 Å². The van der Waals surface area contributed by atoms with E-state index < -0.39 is 11.5 Å². The predicted molar refractivity (Wildman–Crippen MR) is 89.7 cm³/mol. The van der Waals surface area contributed by atoms with E-state index in [2.05, 4.69) is 20.5 Å². The summed E-state index contributed by atoms with van der Waals surface area (Å²) in [4.78, 5) is 16.4. The quantitative estimate of drug-likeness (QED) is 0.598. The number of hydrogen-bond donors (Lipinski definition) is 2. The fraction of sp³-hybridized carbons (Fsp3) is 0.118. The van der Waals surface area contributed by atoms with Gasteiger partial charge in [-0.3, -0.25) is 0 Å². The highest BCUT2D eigenvalue weighted by Gasteiger charge is 2.13. The van der Waals surface area contributed by atoms with E-state index in [1.807, 2.05) is 0 Å². The molecule has 0 aliphatic rings. The Morgan fingerprint density at radius 1 is 1.08 bits per heavy atom. The lowest BCUT2D eigenvalue weighted by molar-refractivity contribution is 0.627. The minimum absolute atomic E-state index is 0.280. The second-order valence-electron chi connectivity index (χ2n) is 5.58. The zero-order valence-electron chi connectivity index (χ0n) is 13.0. The molecule has 0 saturated heterocycles. The maximum Gasteiger partial charge on any atom is 0.348 e. The van der Waals surface area contributed by atoms with E-state index in [1.54, 1.807) is 12.1 Å². The van der Waals surface area contributed by atoms with Crippen molar-refractivity contribution < 1.29 is 8.78 Å². The van der Waals surface area contributed by atoms with Gasteiger partial charge in [-0.25, -0.2) is 28.1 Å². The number of hydrogen-bond acceptors (Lipinski definition) is 4. The van der Waals surface area contributed by atoms with Gasteiger partial charge in [0.1, 0.15) is 11.6 Å². The van der Waals surface area contributed by atoms with Crippen LogP contribution in [0.3, 0.4) is 0 Å². The minimum Gasteiger partial charge on any atom is -0.367 e. The maximum absolute atomic E-state index is 13.5. The van der Waals surface area contributed by atoms with Crippen molar-refractivity contribution in [3.8, 4) is 0 Å². The molecule has 6 nitrogen and oxygen atoms in total. The van der Waals surface area contributed by atoms with Crippen LogP contribution in [0.2, 0.25) is 0 Å². The first kappa shape index (κ1) is 15.3. The highest BCUT2D eigenvalue weighted by atomic mass is 19.1. The Morgan fingerprint density at radius 2 is 1.84 bits per heavy atom. The third-order valence-electron chi connectivity index (χ3n) is 3.91. The van der Waals surface area contributed by atoms with Crippen molar-refractivity contribution in [3.63, 3.8) is 0 Å². The molecule has 4 rings (SSSR count). The topological polar surface area (TPSA) is 75.1 Å². The number of benzene rings is 2. The van der Waals surface area contributed by atoms with Crippen LogP contribution in [0.1, 0.15) is 5.56 Å². The lowest BCUT2D eigenvalue weighted by Gasteiger charge is -2.09. The maximum atomic E-state index is 13.5. The highest BCUT2D eigenvalue weighted by molar-refractivity contribution is 5.82. The number of aromatic nitrogens is 4. The van der Waals surface area contributed by atoms with Crippen LogP contribution < -0.4 is 11.0 Å². The first-order valence-electron chi connectivity index (χ1n) is 7.66. The summed E-state index contributed by atoms with van der Waals surface area (Å²) in [6.07, 6.45) is 0.643. The molecule has 0 aliphatic carbocycles. The molecule has 2 heterocycles. The molecule has 2 aromatic carbocycles. The summed E-state index contributed by atoms with van der Waals surface area (Å²) in [5.41, 5.74) is 1.61. The summed E-state index contributed by atoms with van der Waals surface area (Å²) < 4.78 is 27.7. The molecule has 0 amide bonds. The molecule has 0 radical (unpaired) electrons. The molecule has 0 fully saturated rings. The van der Waals surface area contributed by atoms with Gasteiger partial charge in [-0.2, -0.15) is 0 Å². The molecule has 0 atom stereocenters. The predicted octanol–water partition coefficient (Wildman–Crippen LogP) is 2.50. The van der Waals surface area contributed by atoms with Gasteiger partial charge in [-0.1, -0.05) is 12.1 Å². The Morgan fingerprint density at radius 3 is 2.64 bits per heavy atom. The lowest BCUT2D eigenvalue weighted by Crippen LogP contribution is -2.13. The molecule has 0 saturated carbocycles. The average molecular weight is 341 g/mol. The van der Waals surface area contributed by atoms with Crippen molar-refractivity contribution in [2.75, 3.05) is 11.9 Å². The fourth-order valence-electron chi connectivity index (χ4n) is 2.71. The van der Waals surface area contributed by atoms with Crippen molar-refractivity contribution >= 4 is 22.5 Å². The number of H-pyrrole nitrogens is 1. The first-order valence-corrected chi connectivity index (χ1v) is 7.66. The Hall–Kier alpha value is -3.29. The monoisotopic (exact) mass is 341 g/mol. The summed E-state index contributed by atoms with van der Waals surface area (Å²) >= 11 is 0. The van der Waals surface area contributed by atoms with E-state index in [0.717, 1.165) is 5.56 Å². The standard InChI is InChI=1S/C17H13F2N5O/c18-11-3-1-10(2-4-11)7-8-20-15-16-22-23-17(25)24(16)14-9-12(19)5-6-13(14)21-15/h1-6,9H,7-8H2,(H,20,21)(H,23,25). The number of nitrogens with zero attached hydrogens (tertiary/aromatic N) is 3. The van der Waals surface area contributed by atoms with Crippen LogP contribution in [0.25, 0.3) is 16.7 Å². The van der Waals surface area contributed by atoms with E-state index in [1.165, 1.54) is 34.7 Å². The summed E-state index contributed by atoms with van der Waals surface area (Å²) in [6, 6.07) is 10.3. The normalized spacial score (nSPS) is 11.3. The summed E-state index contributed by atoms with van der Waals surface area (Å²) in [5, 5.41) is 9.45. The van der Waals surface area contributed by atoms with Crippen LogP contribution in [0.15, 0.2) is 47.3 Å². The van der Waals surface area contributed by atoms with Crippen LogP contribution in [0.4, 0.5) is 14.6 Å². The van der Waals surface area contributed by atoms with E-state index >= 15 is 0 Å². The first-order chi connectivity index (χ1) is 12.1. The Kier molecular flexibility index (Phi) is 3.64. The lowest BCUT2D eigenvalue weighted by atomic mass is 10.1. The molecule has 2 N–H and O–H groups in total. The Labute approximate surface area is 140 Å². The van der Waals surface area contributed by atoms with Gasteiger partial charge in [0.25, 0.3) is 0 Å². The number of rotatable bonds is 4. The number of anilines is 1. The van der Waals surface area contributed by atoms with Crippen LogP contribution in [-0.4, -0.2) is 26.1 Å². The molecule has 0 unspecified atom stereocenters. The summed E-state index contributed by atoms with van der Waals surface area (Å²) in [6.45, 7) is 0.516. The third kappa shape index (κ3) is 2.82. The summed E-state index contributed by atoms with van der Waals surface area (Å²) in [5.74, 6) is -0.321. The highest BCUT2D eigenvalue weighted by Crippen LogP contribution is 2.19. The van der Waals surface area contributed by atoms with Gasteiger partial charge in [-0.15, -0.1) is 5.10 Å². The van der Waals surface area contributed by atoms with Crippen molar-refractivity contribution in [1.29, 1.82) is 0 Å². The molecule has 0 aliphatic heterocycles. The van der Waals surface area contributed by atoms with Gasteiger partial charge >= 0.3 is 5.69 Å². The van der Waals surface area contributed by atoms with E-state index in [0.29, 0.717) is 35.5 Å².